The van der Waals surface area contributed by atoms with E-state index in [-0.39, 0.29) is 18.1 Å². The minimum absolute atomic E-state index is 0.253. The molecule has 1 unspecified atom stereocenters. The van der Waals surface area contributed by atoms with E-state index in [0.29, 0.717) is 11.3 Å². The van der Waals surface area contributed by atoms with Crippen LogP contribution in [0.2, 0.25) is 0 Å². The fourth-order valence-corrected chi connectivity index (χ4v) is 2.53. The van der Waals surface area contributed by atoms with Gasteiger partial charge in [-0.25, -0.2) is 4.39 Å². The predicted molar refractivity (Wildman–Crippen MR) is 80.7 cm³/mol. The lowest BCUT2D eigenvalue weighted by molar-refractivity contribution is 0.0971. The van der Waals surface area contributed by atoms with Gasteiger partial charge < -0.3 is 11.1 Å². The summed E-state index contributed by atoms with van der Waals surface area (Å²) in [5.41, 5.74) is 7.67. The molecule has 0 saturated heterocycles. The zero-order chi connectivity index (χ0) is 15.0. The molecule has 1 aliphatic heterocycles. The SMILES string of the molecule is C[C@H](N)C1Nc2ccc(F)cc2C(=O)N1c1ccccc1. The number of amides is 1. The van der Waals surface area contributed by atoms with Crippen molar-refractivity contribution in [3.8, 4) is 0 Å². The first kappa shape index (κ1) is 13.6. The molecule has 2 aromatic rings. The number of rotatable bonds is 2. The van der Waals surface area contributed by atoms with Gasteiger partial charge in [-0.15, -0.1) is 0 Å². The van der Waals surface area contributed by atoms with Crippen molar-refractivity contribution in [2.45, 2.75) is 19.1 Å². The van der Waals surface area contributed by atoms with Crippen LogP contribution in [0.15, 0.2) is 48.5 Å². The highest BCUT2D eigenvalue weighted by atomic mass is 19.1. The molecule has 2 aromatic carbocycles. The molecule has 108 valence electrons. The largest absolute Gasteiger partial charge is 0.363 e. The Morgan fingerprint density at radius 1 is 1.24 bits per heavy atom. The number of para-hydroxylation sites is 1. The van der Waals surface area contributed by atoms with E-state index in [4.69, 9.17) is 5.73 Å². The zero-order valence-corrected chi connectivity index (χ0v) is 11.6. The smallest absolute Gasteiger partial charge is 0.262 e. The van der Waals surface area contributed by atoms with Crippen LogP contribution in [0.5, 0.6) is 0 Å². The molecule has 0 fully saturated rings. The molecule has 5 heteroatoms. The van der Waals surface area contributed by atoms with Crippen molar-refractivity contribution in [3.05, 3.63) is 59.9 Å². The number of hydrogen-bond acceptors (Lipinski definition) is 3. The molecule has 4 nitrogen and oxygen atoms in total. The highest BCUT2D eigenvalue weighted by Gasteiger charge is 2.35. The topological polar surface area (TPSA) is 58.4 Å². The van der Waals surface area contributed by atoms with Gasteiger partial charge in [0.25, 0.3) is 5.91 Å². The summed E-state index contributed by atoms with van der Waals surface area (Å²) in [6.45, 7) is 1.83. The summed E-state index contributed by atoms with van der Waals surface area (Å²) < 4.78 is 13.4. The van der Waals surface area contributed by atoms with Gasteiger partial charge in [-0.2, -0.15) is 0 Å². The summed E-state index contributed by atoms with van der Waals surface area (Å²) >= 11 is 0. The molecule has 0 aromatic heterocycles. The van der Waals surface area contributed by atoms with Gasteiger partial charge in [-0.1, -0.05) is 18.2 Å². The summed E-state index contributed by atoms with van der Waals surface area (Å²) in [6.07, 6.45) is -0.377. The first-order valence-corrected chi connectivity index (χ1v) is 6.78. The van der Waals surface area contributed by atoms with Crippen molar-refractivity contribution >= 4 is 17.3 Å². The fraction of sp³-hybridized carbons (Fsp3) is 0.188. The van der Waals surface area contributed by atoms with E-state index < -0.39 is 5.82 Å². The Hall–Kier alpha value is -2.40. The van der Waals surface area contributed by atoms with Crippen molar-refractivity contribution in [3.63, 3.8) is 0 Å². The number of benzene rings is 2. The van der Waals surface area contributed by atoms with Crippen LogP contribution in [0.4, 0.5) is 15.8 Å². The molecule has 0 radical (unpaired) electrons. The lowest BCUT2D eigenvalue weighted by atomic mass is 10.0. The number of carbonyl (C=O) groups is 1. The summed E-state index contributed by atoms with van der Waals surface area (Å²) in [5, 5.41) is 3.22. The average molecular weight is 285 g/mol. The number of fused-ring (bicyclic) bond motifs is 1. The first-order valence-electron chi connectivity index (χ1n) is 6.78. The average Bonchev–Trinajstić information content (AvgIpc) is 2.48. The highest BCUT2D eigenvalue weighted by Crippen LogP contribution is 2.30. The quantitative estimate of drug-likeness (QED) is 0.891. The normalized spacial score (nSPS) is 18.9. The minimum Gasteiger partial charge on any atom is -0.363 e. The lowest BCUT2D eigenvalue weighted by Crippen LogP contribution is -2.56. The third-order valence-corrected chi connectivity index (χ3v) is 3.54. The molecule has 0 saturated carbocycles. The molecule has 0 aliphatic carbocycles. The van der Waals surface area contributed by atoms with Gasteiger partial charge in [0.15, 0.2) is 0 Å². The van der Waals surface area contributed by atoms with Crippen LogP contribution in [-0.4, -0.2) is 18.1 Å². The van der Waals surface area contributed by atoms with E-state index in [0.717, 1.165) is 5.69 Å². The minimum atomic E-state index is -0.434. The second-order valence-electron chi connectivity index (χ2n) is 5.15. The second kappa shape index (κ2) is 5.18. The van der Waals surface area contributed by atoms with E-state index in [1.807, 2.05) is 37.3 Å². The molecule has 21 heavy (non-hydrogen) atoms. The number of nitrogens with one attached hydrogen (secondary N) is 1. The van der Waals surface area contributed by atoms with Crippen LogP contribution in [0, 0.1) is 5.82 Å². The van der Waals surface area contributed by atoms with Crippen LogP contribution in [0.1, 0.15) is 17.3 Å². The van der Waals surface area contributed by atoms with Crippen molar-refractivity contribution < 1.29 is 9.18 Å². The van der Waals surface area contributed by atoms with Gasteiger partial charge >= 0.3 is 0 Å². The maximum Gasteiger partial charge on any atom is 0.262 e. The third kappa shape index (κ3) is 2.36. The van der Waals surface area contributed by atoms with Crippen LogP contribution in [0.3, 0.4) is 0 Å². The molecule has 2 atom stereocenters. The number of nitrogens with zero attached hydrogens (tertiary/aromatic N) is 1. The molecule has 0 bridgehead atoms. The van der Waals surface area contributed by atoms with Gasteiger partial charge in [-0.05, 0) is 37.3 Å². The third-order valence-electron chi connectivity index (χ3n) is 3.54. The first-order chi connectivity index (χ1) is 10.1. The van der Waals surface area contributed by atoms with Gasteiger partial charge in [0.2, 0.25) is 0 Å². The van der Waals surface area contributed by atoms with Crippen molar-refractivity contribution in [1.29, 1.82) is 0 Å². The summed E-state index contributed by atoms with van der Waals surface area (Å²) in [7, 11) is 0. The number of carbonyl (C=O) groups excluding carboxylic acids is 1. The van der Waals surface area contributed by atoms with E-state index in [9.17, 15) is 9.18 Å². The van der Waals surface area contributed by atoms with E-state index in [2.05, 4.69) is 5.32 Å². The maximum atomic E-state index is 13.4. The van der Waals surface area contributed by atoms with Crippen molar-refractivity contribution in [2.75, 3.05) is 10.2 Å². The summed E-state index contributed by atoms with van der Waals surface area (Å²) in [4.78, 5) is 14.3. The molecule has 1 aliphatic rings. The fourth-order valence-electron chi connectivity index (χ4n) is 2.53. The van der Waals surface area contributed by atoms with E-state index in [1.165, 1.54) is 12.1 Å². The van der Waals surface area contributed by atoms with E-state index >= 15 is 0 Å². The standard InChI is InChI=1S/C16H16FN3O/c1-10(18)15-19-14-8-7-11(17)9-13(14)16(21)20(15)12-5-3-2-4-6-12/h2-10,15,19H,18H2,1H3/t10-,15?/m0/s1. The summed E-state index contributed by atoms with van der Waals surface area (Å²) in [6, 6.07) is 13.1. The Kier molecular flexibility index (Phi) is 3.35. The molecule has 3 rings (SSSR count). The van der Waals surface area contributed by atoms with Gasteiger partial charge in [0.1, 0.15) is 12.0 Å². The monoisotopic (exact) mass is 285 g/mol. The highest BCUT2D eigenvalue weighted by molar-refractivity contribution is 6.12. The van der Waals surface area contributed by atoms with Crippen LogP contribution in [0.25, 0.3) is 0 Å². The van der Waals surface area contributed by atoms with Crippen molar-refractivity contribution in [2.24, 2.45) is 5.73 Å². The Bertz CT molecular complexity index is 672. The number of halogens is 1. The molecule has 3 N–H and O–H groups in total. The molecule has 1 amide bonds. The van der Waals surface area contributed by atoms with E-state index in [1.54, 1.807) is 11.0 Å². The van der Waals surface area contributed by atoms with Crippen LogP contribution >= 0.6 is 0 Å². The molecular weight excluding hydrogens is 269 g/mol. The van der Waals surface area contributed by atoms with Gasteiger partial charge in [0.05, 0.1) is 5.56 Å². The number of hydrogen-bond donors (Lipinski definition) is 2. The second-order valence-corrected chi connectivity index (χ2v) is 5.15. The summed E-state index contributed by atoms with van der Waals surface area (Å²) in [5.74, 6) is -0.687. The lowest BCUT2D eigenvalue weighted by Gasteiger charge is -2.39. The van der Waals surface area contributed by atoms with Crippen molar-refractivity contribution in [1.82, 2.24) is 0 Å². The molecule has 0 spiro atoms. The Morgan fingerprint density at radius 3 is 2.62 bits per heavy atom. The number of nitrogens with two attached hydrogens (primary N) is 1. The Morgan fingerprint density at radius 2 is 1.95 bits per heavy atom. The number of anilines is 2. The zero-order valence-electron chi connectivity index (χ0n) is 11.6. The Labute approximate surface area is 122 Å². The van der Waals surface area contributed by atoms with Gasteiger partial charge in [0, 0.05) is 17.4 Å². The maximum absolute atomic E-state index is 13.4. The Balaban J connectivity index is 2.11. The van der Waals surface area contributed by atoms with Crippen LogP contribution in [-0.2, 0) is 0 Å². The van der Waals surface area contributed by atoms with Gasteiger partial charge in [-0.3, -0.25) is 9.69 Å². The predicted octanol–water partition coefficient (Wildman–Crippen LogP) is 2.57. The molecular formula is C16H16FN3O. The molecule has 1 heterocycles. The van der Waals surface area contributed by atoms with Crippen LogP contribution < -0.4 is 16.0 Å².